The van der Waals surface area contributed by atoms with Crippen molar-refractivity contribution in [1.29, 1.82) is 0 Å². The van der Waals surface area contributed by atoms with Crippen LogP contribution in [0.15, 0.2) is 36.7 Å². The van der Waals surface area contributed by atoms with Crippen LogP contribution < -0.4 is 5.32 Å². The van der Waals surface area contributed by atoms with Crippen molar-refractivity contribution < 1.29 is 9.90 Å². The molecule has 0 spiro atoms. The van der Waals surface area contributed by atoms with Gasteiger partial charge < -0.3 is 10.4 Å². The van der Waals surface area contributed by atoms with E-state index in [1.165, 1.54) is 6.20 Å². The summed E-state index contributed by atoms with van der Waals surface area (Å²) in [6.45, 7) is 0.0460. The molecule has 1 aromatic heterocycles. The zero-order valence-electron chi connectivity index (χ0n) is 12.2. The number of thioether (sulfide) groups is 1. The van der Waals surface area contributed by atoms with E-state index in [0.29, 0.717) is 17.0 Å². The number of aliphatic hydroxyl groups excluding tert-OH is 1. The highest BCUT2D eigenvalue weighted by molar-refractivity contribution is 7.98. The lowest BCUT2D eigenvalue weighted by molar-refractivity contribution is 0.0935. The van der Waals surface area contributed by atoms with E-state index in [-0.39, 0.29) is 18.6 Å². The van der Waals surface area contributed by atoms with E-state index in [9.17, 15) is 4.79 Å². The zero-order chi connectivity index (χ0) is 15.9. The normalized spacial score (nSPS) is 12.1. The molecule has 7 heteroatoms. The Morgan fingerprint density at radius 2 is 2.27 bits per heavy atom. The lowest BCUT2D eigenvalue weighted by atomic mass is 10.2. The number of hydrogen-bond acceptors (Lipinski definition) is 4. The molecule has 1 amide bonds. The molecule has 0 aliphatic carbocycles. The maximum absolute atomic E-state index is 12.2. The summed E-state index contributed by atoms with van der Waals surface area (Å²) in [7, 11) is 0. The summed E-state index contributed by atoms with van der Waals surface area (Å²) in [4.78, 5) is 12.2. The van der Waals surface area contributed by atoms with Gasteiger partial charge in [-0.3, -0.25) is 4.79 Å². The predicted molar refractivity (Wildman–Crippen MR) is 89.9 cm³/mol. The zero-order valence-corrected chi connectivity index (χ0v) is 13.8. The van der Waals surface area contributed by atoms with E-state index in [0.717, 1.165) is 11.4 Å². The number of carbonyl (C=O) groups is 1. The molecule has 118 valence electrons. The first-order chi connectivity index (χ1) is 10.7. The van der Waals surface area contributed by atoms with Crippen LogP contribution in [0.1, 0.15) is 16.8 Å². The van der Waals surface area contributed by atoms with Gasteiger partial charge in [-0.1, -0.05) is 23.7 Å². The first kappa shape index (κ1) is 16.9. The molecule has 0 saturated heterocycles. The predicted octanol–water partition coefficient (Wildman–Crippen LogP) is 2.37. The molecule has 22 heavy (non-hydrogen) atoms. The molecule has 2 N–H and O–H groups in total. The Balaban J connectivity index is 2.10. The van der Waals surface area contributed by atoms with Crippen molar-refractivity contribution in [1.82, 2.24) is 15.1 Å². The lowest BCUT2D eigenvalue weighted by Crippen LogP contribution is -2.37. The molecule has 0 aliphatic rings. The second kappa shape index (κ2) is 8.22. The Morgan fingerprint density at radius 3 is 2.95 bits per heavy atom. The summed E-state index contributed by atoms with van der Waals surface area (Å²) in [5, 5.41) is 16.7. The third kappa shape index (κ3) is 4.25. The summed E-state index contributed by atoms with van der Waals surface area (Å²) < 4.78 is 1.58. The first-order valence-electron chi connectivity index (χ1n) is 6.86. The summed E-state index contributed by atoms with van der Waals surface area (Å²) in [6, 6.07) is 7.24. The molecule has 0 aliphatic heterocycles. The molecule has 0 fully saturated rings. The Bertz CT molecular complexity index is 627. The number of nitrogens with one attached hydrogen (secondary N) is 1. The molecule has 0 radical (unpaired) electrons. The molecule has 1 aromatic carbocycles. The van der Waals surface area contributed by atoms with Crippen LogP contribution in [0.4, 0.5) is 0 Å². The van der Waals surface area contributed by atoms with E-state index in [1.54, 1.807) is 28.7 Å². The van der Waals surface area contributed by atoms with E-state index in [2.05, 4.69) is 10.4 Å². The van der Waals surface area contributed by atoms with Crippen LogP contribution in [0.3, 0.4) is 0 Å². The van der Waals surface area contributed by atoms with Crippen LogP contribution in [0.25, 0.3) is 5.69 Å². The Kier molecular flexibility index (Phi) is 6.30. The molecular weight excluding hydrogens is 322 g/mol. The van der Waals surface area contributed by atoms with Gasteiger partial charge in [0.25, 0.3) is 5.91 Å². The monoisotopic (exact) mass is 339 g/mol. The average Bonchev–Trinajstić information content (AvgIpc) is 2.98. The number of para-hydroxylation sites is 1. The van der Waals surface area contributed by atoms with Gasteiger partial charge in [0.15, 0.2) is 0 Å². The summed E-state index contributed by atoms with van der Waals surface area (Å²) in [5.41, 5.74) is 1.18. The molecular formula is C15H18ClN3O2S. The minimum atomic E-state index is -0.203. The Hall–Kier alpha value is -1.50. The van der Waals surface area contributed by atoms with Gasteiger partial charge in [-0.25, -0.2) is 4.68 Å². The fourth-order valence-electron chi connectivity index (χ4n) is 2.03. The van der Waals surface area contributed by atoms with Gasteiger partial charge >= 0.3 is 0 Å². The van der Waals surface area contributed by atoms with Crippen molar-refractivity contribution in [3.63, 3.8) is 0 Å². The maximum Gasteiger partial charge on any atom is 0.254 e. The van der Waals surface area contributed by atoms with Gasteiger partial charge in [0, 0.05) is 24.6 Å². The third-order valence-corrected chi connectivity index (χ3v) is 4.18. The standard InChI is InChI=1S/C15H18ClN3O2S/c1-22-10-12(6-7-20)18-15(21)11-8-17-19(9-11)14-5-3-2-4-13(14)16/h2-5,8-9,12,20H,6-7,10H2,1H3,(H,18,21). The highest BCUT2D eigenvalue weighted by atomic mass is 35.5. The number of nitrogens with zero attached hydrogens (tertiary/aromatic N) is 2. The van der Waals surface area contributed by atoms with E-state index in [1.807, 2.05) is 24.5 Å². The quantitative estimate of drug-likeness (QED) is 0.812. The number of aliphatic hydroxyl groups is 1. The van der Waals surface area contributed by atoms with Gasteiger partial charge in [-0.2, -0.15) is 16.9 Å². The van der Waals surface area contributed by atoms with Crippen molar-refractivity contribution in [3.8, 4) is 5.69 Å². The molecule has 1 heterocycles. The highest BCUT2D eigenvalue weighted by Gasteiger charge is 2.15. The molecule has 5 nitrogen and oxygen atoms in total. The molecule has 1 unspecified atom stereocenters. The number of rotatable bonds is 7. The van der Waals surface area contributed by atoms with Crippen molar-refractivity contribution >= 4 is 29.3 Å². The average molecular weight is 340 g/mol. The number of carbonyl (C=O) groups excluding carboxylic acids is 1. The molecule has 0 bridgehead atoms. The number of benzene rings is 1. The number of halogens is 1. The topological polar surface area (TPSA) is 67.2 Å². The minimum Gasteiger partial charge on any atom is -0.396 e. The van der Waals surface area contributed by atoms with E-state index >= 15 is 0 Å². The maximum atomic E-state index is 12.2. The Labute approximate surface area is 138 Å². The van der Waals surface area contributed by atoms with Crippen molar-refractivity contribution in [2.75, 3.05) is 18.6 Å². The summed E-state index contributed by atoms with van der Waals surface area (Å²) in [6.07, 6.45) is 5.65. The smallest absolute Gasteiger partial charge is 0.254 e. The SMILES string of the molecule is CSCC(CCO)NC(=O)c1cnn(-c2ccccc2Cl)c1. The number of amides is 1. The van der Waals surface area contributed by atoms with Crippen LogP contribution in [-0.2, 0) is 0 Å². The second-order valence-electron chi connectivity index (χ2n) is 4.76. The fraction of sp³-hybridized carbons (Fsp3) is 0.333. The molecule has 2 rings (SSSR count). The number of hydrogen-bond donors (Lipinski definition) is 2. The van der Waals surface area contributed by atoms with Gasteiger partial charge in [0.2, 0.25) is 0 Å². The molecule has 1 atom stereocenters. The van der Waals surface area contributed by atoms with Gasteiger partial charge in [0.05, 0.1) is 22.5 Å². The summed E-state index contributed by atoms with van der Waals surface area (Å²) >= 11 is 7.75. The van der Waals surface area contributed by atoms with Crippen LogP contribution in [0, 0.1) is 0 Å². The van der Waals surface area contributed by atoms with Crippen LogP contribution in [-0.4, -0.2) is 45.5 Å². The third-order valence-electron chi connectivity index (χ3n) is 3.12. The minimum absolute atomic E-state index is 0.0460. The van der Waals surface area contributed by atoms with Crippen molar-refractivity contribution in [2.45, 2.75) is 12.5 Å². The van der Waals surface area contributed by atoms with E-state index in [4.69, 9.17) is 16.7 Å². The van der Waals surface area contributed by atoms with Crippen LogP contribution >= 0.6 is 23.4 Å². The lowest BCUT2D eigenvalue weighted by Gasteiger charge is -2.15. The van der Waals surface area contributed by atoms with Gasteiger partial charge in [-0.15, -0.1) is 0 Å². The fourth-order valence-corrected chi connectivity index (χ4v) is 2.91. The van der Waals surface area contributed by atoms with Crippen LogP contribution in [0.2, 0.25) is 5.02 Å². The van der Waals surface area contributed by atoms with E-state index < -0.39 is 0 Å². The second-order valence-corrected chi connectivity index (χ2v) is 6.08. The molecule has 0 saturated carbocycles. The summed E-state index contributed by atoms with van der Waals surface area (Å²) in [5.74, 6) is 0.552. The first-order valence-corrected chi connectivity index (χ1v) is 8.63. The van der Waals surface area contributed by atoms with Crippen molar-refractivity contribution in [3.05, 3.63) is 47.2 Å². The largest absolute Gasteiger partial charge is 0.396 e. The van der Waals surface area contributed by atoms with Crippen molar-refractivity contribution in [2.24, 2.45) is 0 Å². The van der Waals surface area contributed by atoms with Gasteiger partial charge in [-0.05, 0) is 24.8 Å². The van der Waals surface area contributed by atoms with Crippen LogP contribution in [0.5, 0.6) is 0 Å². The molecule has 2 aromatic rings. The Morgan fingerprint density at radius 1 is 1.50 bits per heavy atom. The highest BCUT2D eigenvalue weighted by Crippen LogP contribution is 2.19. The van der Waals surface area contributed by atoms with Gasteiger partial charge in [0.1, 0.15) is 0 Å². The number of aromatic nitrogens is 2.